The fourth-order valence-corrected chi connectivity index (χ4v) is 12.4. The normalized spacial score (nSPS) is 47.4. The minimum atomic E-state index is 0.951. The van der Waals surface area contributed by atoms with Crippen molar-refractivity contribution in [1.29, 1.82) is 0 Å². The zero-order chi connectivity index (χ0) is 23.2. The lowest BCUT2D eigenvalue weighted by Gasteiger charge is -2.51. The molecule has 1 heteroatoms. The average Bonchev–Trinajstić information content (AvgIpc) is 3.52. The van der Waals surface area contributed by atoms with Gasteiger partial charge in [0, 0.05) is 18.1 Å². The number of fused-ring (bicyclic) bond motifs is 4. The first-order chi connectivity index (χ1) is 17.4. The van der Waals surface area contributed by atoms with Gasteiger partial charge in [-0.1, -0.05) is 83.5 Å². The summed E-state index contributed by atoms with van der Waals surface area (Å²) < 4.78 is 0. The minimum absolute atomic E-state index is 0.951. The largest absolute Gasteiger partial charge is 0.294 e. The van der Waals surface area contributed by atoms with Crippen molar-refractivity contribution in [2.24, 2.45) is 47.3 Å². The molecule has 0 heterocycles. The molecule has 7 saturated carbocycles. The van der Waals surface area contributed by atoms with Crippen molar-refractivity contribution in [1.82, 2.24) is 4.90 Å². The second-order valence-corrected chi connectivity index (χ2v) is 15.1. The molecule has 7 rings (SSSR count). The van der Waals surface area contributed by atoms with E-state index >= 15 is 0 Å². The van der Waals surface area contributed by atoms with E-state index in [1.165, 1.54) is 64.2 Å². The van der Waals surface area contributed by atoms with Gasteiger partial charge in [-0.15, -0.1) is 0 Å². The van der Waals surface area contributed by atoms with E-state index in [-0.39, 0.29) is 0 Å². The third kappa shape index (κ3) is 4.59. The van der Waals surface area contributed by atoms with Crippen molar-refractivity contribution in [2.45, 2.75) is 166 Å². The molecule has 8 atom stereocenters. The smallest absolute Gasteiger partial charge is 0.0132 e. The van der Waals surface area contributed by atoms with Crippen molar-refractivity contribution in [3.05, 3.63) is 0 Å². The van der Waals surface area contributed by atoms with Crippen LogP contribution in [0.2, 0.25) is 0 Å². The fourth-order valence-electron chi connectivity index (χ4n) is 12.4. The second kappa shape index (κ2) is 10.6. The molecule has 0 bridgehead atoms. The fraction of sp³-hybridized carbons (Fsp3) is 1.00. The van der Waals surface area contributed by atoms with Gasteiger partial charge in [-0.25, -0.2) is 0 Å². The highest BCUT2D eigenvalue weighted by Crippen LogP contribution is 2.61. The Morgan fingerprint density at radius 1 is 0.343 bits per heavy atom. The molecule has 7 aliphatic carbocycles. The lowest BCUT2D eigenvalue weighted by molar-refractivity contribution is -0.0241. The van der Waals surface area contributed by atoms with Gasteiger partial charge < -0.3 is 0 Å². The molecule has 0 N–H and O–H groups in total. The molecule has 35 heavy (non-hydrogen) atoms. The van der Waals surface area contributed by atoms with Crippen molar-refractivity contribution < 1.29 is 0 Å². The van der Waals surface area contributed by atoms with Gasteiger partial charge in [-0.2, -0.15) is 0 Å². The predicted molar refractivity (Wildman–Crippen MR) is 147 cm³/mol. The lowest BCUT2D eigenvalue weighted by atomic mass is 9.63. The first-order valence-corrected chi connectivity index (χ1v) is 17.1. The maximum Gasteiger partial charge on any atom is 0.0132 e. The Morgan fingerprint density at radius 3 is 1.54 bits per heavy atom. The quantitative estimate of drug-likeness (QED) is 0.388. The van der Waals surface area contributed by atoms with Crippen LogP contribution in [0.25, 0.3) is 0 Å². The molecule has 0 aromatic carbocycles. The Hall–Kier alpha value is -0.0400. The van der Waals surface area contributed by atoms with Crippen molar-refractivity contribution >= 4 is 0 Å². The van der Waals surface area contributed by atoms with Gasteiger partial charge in [0.15, 0.2) is 0 Å². The molecule has 198 valence electrons. The molecule has 0 aromatic rings. The molecule has 1 nitrogen and oxygen atoms in total. The second-order valence-electron chi connectivity index (χ2n) is 15.1. The SMILES string of the molecule is C1CCC(N(C2CCCCC2)C2CCCC3C2CC2CCCC(C4CC5CCCCC5C4)C23)CC1. The van der Waals surface area contributed by atoms with Crippen molar-refractivity contribution in [2.75, 3.05) is 0 Å². The Morgan fingerprint density at radius 2 is 0.886 bits per heavy atom. The molecule has 0 radical (unpaired) electrons. The van der Waals surface area contributed by atoms with Crippen LogP contribution >= 0.6 is 0 Å². The van der Waals surface area contributed by atoms with E-state index in [0.717, 1.165) is 65.5 Å². The molecule has 0 spiro atoms. The van der Waals surface area contributed by atoms with Crippen LogP contribution in [0, 0.1) is 47.3 Å². The van der Waals surface area contributed by atoms with Gasteiger partial charge in [0.2, 0.25) is 0 Å². The monoisotopic (exact) mass is 479 g/mol. The van der Waals surface area contributed by atoms with Crippen LogP contribution in [-0.4, -0.2) is 23.0 Å². The summed E-state index contributed by atoms with van der Waals surface area (Å²) >= 11 is 0. The van der Waals surface area contributed by atoms with Crippen LogP contribution in [-0.2, 0) is 0 Å². The Kier molecular flexibility index (Phi) is 7.29. The van der Waals surface area contributed by atoms with Crippen molar-refractivity contribution in [3.63, 3.8) is 0 Å². The number of hydrogen-bond donors (Lipinski definition) is 0. The highest BCUT2D eigenvalue weighted by atomic mass is 15.2. The van der Waals surface area contributed by atoms with Crippen LogP contribution in [0.15, 0.2) is 0 Å². The van der Waals surface area contributed by atoms with Gasteiger partial charge >= 0.3 is 0 Å². The van der Waals surface area contributed by atoms with Crippen LogP contribution in [0.5, 0.6) is 0 Å². The summed E-state index contributed by atoms with van der Waals surface area (Å²) in [6.07, 6.45) is 36.0. The predicted octanol–water partition coefficient (Wildman–Crippen LogP) is 9.39. The highest BCUT2D eigenvalue weighted by molar-refractivity contribution is 5.06. The van der Waals surface area contributed by atoms with E-state index in [9.17, 15) is 0 Å². The molecule has 0 saturated heterocycles. The Bertz CT molecular complexity index is 657. The Balaban J connectivity index is 1.12. The third-order valence-electron chi connectivity index (χ3n) is 13.6. The zero-order valence-electron chi connectivity index (χ0n) is 23.1. The van der Waals surface area contributed by atoms with E-state index in [2.05, 4.69) is 4.90 Å². The highest BCUT2D eigenvalue weighted by Gasteiger charge is 2.55. The van der Waals surface area contributed by atoms with E-state index in [1.54, 1.807) is 83.5 Å². The molecular weight excluding hydrogens is 422 g/mol. The molecule has 8 unspecified atom stereocenters. The molecule has 0 aliphatic heterocycles. The van der Waals surface area contributed by atoms with Crippen LogP contribution < -0.4 is 0 Å². The van der Waals surface area contributed by atoms with Crippen LogP contribution in [0.1, 0.15) is 148 Å². The van der Waals surface area contributed by atoms with E-state index in [0.29, 0.717) is 0 Å². The summed E-state index contributed by atoms with van der Waals surface area (Å²) in [5.74, 6) is 8.98. The standard InChI is InChI=1S/C34H57N/c1-3-14-28(15-4-1)35(29-16-5-2-6-17-29)33-20-10-19-31-32(33)23-26-13-9-18-30(34(26)31)27-21-24-11-7-8-12-25(24)22-27/h24-34H,1-23H2. The average molecular weight is 480 g/mol. The maximum atomic E-state index is 3.31. The van der Waals surface area contributed by atoms with E-state index in [4.69, 9.17) is 0 Å². The summed E-state index contributed by atoms with van der Waals surface area (Å²) in [6, 6.07) is 2.87. The molecule has 0 amide bonds. The lowest BCUT2D eigenvalue weighted by Crippen LogP contribution is -2.55. The number of nitrogens with zero attached hydrogens (tertiary/aromatic N) is 1. The summed E-state index contributed by atoms with van der Waals surface area (Å²) in [5.41, 5.74) is 0. The maximum absolute atomic E-state index is 3.31. The summed E-state index contributed by atoms with van der Waals surface area (Å²) in [7, 11) is 0. The third-order valence-corrected chi connectivity index (χ3v) is 13.6. The van der Waals surface area contributed by atoms with Gasteiger partial charge in [-0.3, -0.25) is 4.90 Å². The molecule has 7 fully saturated rings. The van der Waals surface area contributed by atoms with Crippen LogP contribution in [0.3, 0.4) is 0 Å². The summed E-state index contributed by atoms with van der Waals surface area (Å²) in [5, 5.41) is 0. The first-order valence-electron chi connectivity index (χ1n) is 17.1. The van der Waals surface area contributed by atoms with Crippen molar-refractivity contribution in [3.8, 4) is 0 Å². The summed E-state index contributed by atoms with van der Waals surface area (Å²) in [6.45, 7) is 0. The van der Waals surface area contributed by atoms with E-state index < -0.39 is 0 Å². The number of hydrogen-bond acceptors (Lipinski definition) is 1. The van der Waals surface area contributed by atoms with Gasteiger partial charge in [0.05, 0.1) is 0 Å². The molecule has 7 aliphatic rings. The van der Waals surface area contributed by atoms with Gasteiger partial charge in [-0.05, 0) is 112 Å². The van der Waals surface area contributed by atoms with Gasteiger partial charge in [0.25, 0.3) is 0 Å². The topological polar surface area (TPSA) is 3.24 Å². The first kappa shape index (κ1) is 24.0. The minimum Gasteiger partial charge on any atom is -0.294 e. The molecular formula is C34H57N. The zero-order valence-corrected chi connectivity index (χ0v) is 23.1. The van der Waals surface area contributed by atoms with E-state index in [1.807, 2.05) is 0 Å². The summed E-state index contributed by atoms with van der Waals surface area (Å²) in [4.78, 5) is 3.31. The molecule has 0 aromatic heterocycles. The number of rotatable bonds is 4. The van der Waals surface area contributed by atoms with Gasteiger partial charge in [0.1, 0.15) is 0 Å². The Labute approximate surface area is 218 Å². The van der Waals surface area contributed by atoms with Crippen LogP contribution in [0.4, 0.5) is 0 Å².